The predicted octanol–water partition coefficient (Wildman–Crippen LogP) is 0.974. The van der Waals surface area contributed by atoms with Crippen LogP contribution in [0.2, 0.25) is 0 Å². The molecule has 3 nitrogen and oxygen atoms in total. The summed E-state index contributed by atoms with van der Waals surface area (Å²) in [6, 6.07) is 0. The highest BCUT2D eigenvalue weighted by Gasteiger charge is 2.60. The van der Waals surface area contributed by atoms with E-state index in [0.717, 1.165) is 12.8 Å². The van der Waals surface area contributed by atoms with Crippen molar-refractivity contribution in [1.29, 1.82) is 0 Å². The van der Waals surface area contributed by atoms with Gasteiger partial charge in [0.2, 0.25) is 0 Å². The first kappa shape index (κ1) is 8.20. The molecule has 0 amide bonds. The molecule has 2 aliphatic carbocycles. The van der Waals surface area contributed by atoms with Crippen LogP contribution in [-0.4, -0.2) is 25.8 Å². The van der Waals surface area contributed by atoms with Crippen molar-refractivity contribution in [3.05, 3.63) is 0 Å². The van der Waals surface area contributed by atoms with Crippen LogP contribution in [0.3, 0.4) is 0 Å². The van der Waals surface area contributed by atoms with E-state index in [1.807, 2.05) is 0 Å². The molecule has 0 saturated heterocycles. The molecule has 0 spiro atoms. The van der Waals surface area contributed by atoms with Crippen molar-refractivity contribution in [2.45, 2.75) is 25.0 Å². The van der Waals surface area contributed by atoms with Crippen LogP contribution < -0.4 is 0 Å². The first-order chi connectivity index (χ1) is 5.73. The predicted molar refractivity (Wildman–Crippen MR) is 42.6 cm³/mol. The van der Waals surface area contributed by atoms with E-state index in [2.05, 4.69) is 0 Å². The lowest BCUT2D eigenvalue weighted by molar-refractivity contribution is -0.299. The van der Waals surface area contributed by atoms with E-state index in [9.17, 15) is 4.79 Å². The van der Waals surface area contributed by atoms with E-state index >= 15 is 0 Å². The summed E-state index contributed by atoms with van der Waals surface area (Å²) in [6.45, 7) is 0. The average Bonchev–Trinajstić information content (AvgIpc) is 2.32. The lowest BCUT2D eigenvalue weighted by Crippen LogP contribution is -2.55. The normalized spacial score (nSPS) is 37.7. The van der Waals surface area contributed by atoms with Gasteiger partial charge in [-0.15, -0.1) is 0 Å². The summed E-state index contributed by atoms with van der Waals surface area (Å²) >= 11 is 0. The molecule has 3 heteroatoms. The van der Waals surface area contributed by atoms with E-state index in [1.54, 1.807) is 14.2 Å². The van der Waals surface area contributed by atoms with E-state index in [4.69, 9.17) is 9.47 Å². The minimum atomic E-state index is -0.434. The smallest absolute Gasteiger partial charge is 0.171 e. The standard InChI is InChI=1S/C9H14O3/c1-11-9(12-2)5-6-7(9)3-4-8(6)10/h6-7H,3-5H2,1-2H3. The molecule has 0 heterocycles. The lowest BCUT2D eigenvalue weighted by atomic mass is 9.69. The third-order valence-electron chi connectivity index (χ3n) is 3.36. The van der Waals surface area contributed by atoms with Gasteiger partial charge in [0.05, 0.1) is 0 Å². The number of ether oxygens (including phenoxy) is 2. The van der Waals surface area contributed by atoms with Gasteiger partial charge in [-0.1, -0.05) is 0 Å². The largest absolute Gasteiger partial charge is 0.353 e. The quantitative estimate of drug-likeness (QED) is 0.579. The lowest BCUT2D eigenvalue weighted by Gasteiger charge is -2.48. The Balaban J connectivity index is 2.12. The van der Waals surface area contributed by atoms with E-state index in [1.165, 1.54) is 0 Å². The van der Waals surface area contributed by atoms with Crippen LogP contribution in [0.4, 0.5) is 0 Å². The third-order valence-corrected chi connectivity index (χ3v) is 3.36. The van der Waals surface area contributed by atoms with Crippen molar-refractivity contribution in [1.82, 2.24) is 0 Å². The van der Waals surface area contributed by atoms with Crippen molar-refractivity contribution in [2.75, 3.05) is 14.2 Å². The highest BCUT2D eigenvalue weighted by Crippen LogP contribution is 2.53. The fourth-order valence-corrected chi connectivity index (χ4v) is 2.54. The average molecular weight is 170 g/mol. The summed E-state index contributed by atoms with van der Waals surface area (Å²) in [5.74, 6) is 0.506. The number of Topliss-reactive ketones (excluding diaryl/α,β-unsaturated/α-hetero) is 1. The first-order valence-electron chi connectivity index (χ1n) is 4.36. The van der Waals surface area contributed by atoms with Gasteiger partial charge in [0, 0.05) is 38.9 Å². The number of hydrogen-bond donors (Lipinski definition) is 0. The Kier molecular flexibility index (Phi) is 1.73. The molecule has 2 saturated carbocycles. The molecule has 0 radical (unpaired) electrons. The minimum absolute atomic E-state index is 0.227. The second kappa shape index (κ2) is 2.54. The van der Waals surface area contributed by atoms with E-state index in [-0.39, 0.29) is 5.92 Å². The number of ketones is 1. The molecule has 2 fully saturated rings. The third kappa shape index (κ3) is 0.808. The number of carbonyl (C=O) groups is 1. The van der Waals surface area contributed by atoms with Gasteiger partial charge < -0.3 is 9.47 Å². The first-order valence-corrected chi connectivity index (χ1v) is 4.36. The van der Waals surface area contributed by atoms with Crippen molar-refractivity contribution < 1.29 is 14.3 Å². The number of methoxy groups -OCH3 is 2. The zero-order chi connectivity index (χ0) is 8.77. The van der Waals surface area contributed by atoms with E-state index in [0.29, 0.717) is 18.1 Å². The number of carbonyl (C=O) groups excluding carboxylic acids is 1. The monoisotopic (exact) mass is 170 g/mol. The van der Waals surface area contributed by atoms with Crippen LogP contribution in [0.5, 0.6) is 0 Å². The van der Waals surface area contributed by atoms with E-state index < -0.39 is 5.79 Å². The molecule has 68 valence electrons. The summed E-state index contributed by atoms with van der Waals surface area (Å²) in [5.41, 5.74) is 0. The highest BCUT2D eigenvalue weighted by atomic mass is 16.7. The molecule has 2 aliphatic rings. The Hall–Kier alpha value is -0.410. The zero-order valence-corrected chi connectivity index (χ0v) is 7.50. The molecule has 0 aromatic rings. The zero-order valence-electron chi connectivity index (χ0n) is 7.50. The summed E-state index contributed by atoms with van der Waals surface area (Å²) in [6.07, 6.45) is 2.40. The number of fused-ring (bicyclic) bond motifs is 1. The van der Waals surface area contributed by atoms with Gasteiger partial charge >= 0.3 is 0 Å². The van der Waals surface area contributed by atoms with Crippen molar-refractivity contribution in [3.8, 4) is 0 Å². The van der Waals surface area contributed by atoms with Crippen molar-refractivity contribution in [3.63, 3.8) is 0 Å². The van der Waals surface area contributed by atoms with Crippen LogP contribution in [0, 0.1) is 11.8 Å². The molecule has 2 unspecified atom stereocenters. The summed E-state index contributed by atoms with van der Waals surface area (Å²) in [4.78, 5) is 11.2. The Morgan fingerprint density at radius 1 is 1.42 bits per heavy atom. The Morgan fingerprint density at radius 2 is 2.08 bits per heavy atom. The molecule has 2 atom stereocenters. The van der Waals surface area contributed by atoms with Crippen LogP contribution in [-0.2, 0) is 14.3 Å². The van der Waals surface area contributed by atoms with Gasteiger partial charge in [-0.3, -0.25) is 4.79 Å². The topological polar surface area (TPSA) is 35.5 Å². The number of hydrogen-bond acceptors (Lipinski definition) is 3. The molecule has 0 N–H and O–H groups in total. The summed E-state index contributed by atoms with van der Waals surface area (Å²) in [7, 11) is 3.31. The van der Waals surface area contributed by atoms with Gasteiger partial charge in [0.15, 0.2) is 5.79 Å². The summed E-state index contributed by atoms with van der Waals surface area (Å²) in [5, 5.41) is 0. The van der Waals surface area contributed by atoms with Crippen molar-refractivity contribution in [2.24, 2.45) is 11.8 Å². The molecule has 2 rings (SSSR count). The van der Waals surface area contributed by atoms with Crippen molar-refractivity contribution >= 4 is 5.78 Å². The second-order valence-corrected chi connectivity index (χ2v) is 3.64. The second-order valence-electron chi connectivity index (χ2n) is 3.64. The van der Waals surface area contributed by atoms with Crippen LogP contribution in [0.25, 0.3) is 0 Å². The maximum atomic E-state index is 11.2. The maximum absolute atomic E-state index is 11.2. The Bertz CT molecular complexity index is 208. The van der Waals surface area contributed by atoms with Gasteiger partial charge in [-0.25, -0.2) is 0 Å². The molecular weight excluding hydrogens is 156 g/mol. The molecule has 12 heavy (non-hydrogen) atoms. The molecule has 0 bridgehead atoms. The van der Waals surface area contributed by atoms with Crippen LogP contribution in [0.15, 0.2) is 0 Å². The molecule has 0 aromatic heterocycles. The van der Waals surface area contributed by atoms with Gasteiger partial charge in [-0.2, -0.15) is 0 Å². The van der Waals surface area contributed by atoms with Crippen LogP contribution >= 0.6 is 0 Å². The Labute approximate surface area is 72.0 Å². The highest BCUT2D eigenvalue weighted by molar-refractivity contribution is 5.85. The van der Waals surface area contributed by atoms with Crippen LogP contribution in [0.1, 0.15) is 19.3 Å². The maximum Gasteiger partial charge on any atom is 0.171 e. The fraction of sp³-hybridized carbons (Fsp3) is 0.889. The summed E-state index contributed by atoms with van der Waals surface area (Å²) < 4.78 is 10.6. The number of rotatable bonds is 2. The molecule has 0 aromatic carbocycles. The van der Waals surface area contributed by atoms with Gasteiger partial charge in [-0.05, 0) is 6.42 Å². The molecule has 0 aliphatic heterocycles. The van der Waals surface area contributed by atoms with Gasteiger partial charge in [0.1, 0.15) is 5.78 Å². The minimum Gasteiger partial charge on any atom is -0.353 e. The fourth-order valence-electron chi connectivity index (χ4n) is 2.54. The van der Waals surface area contributed by atoms with Gasteiger partial charge in [0.25, 0.3) is 0 Å². The SMILES string of the molecule is COC1(OC)CC2C(=O)CCC21. The Morgan fingerprint density at radius 3 is 2.58 bits per heavy atom. The molecular formula is C9H14O3.